The molecule has 16 heavy (non-hydrogen) atoms. The highest BCUT2D eigenvalue weighted by atomic mass is 35.5. The Morgan fingerprint density at radius 2 is 2.06 bits per heavy atom. The largest absolute Gasteiger partial charge is 0.383 e. The van der Waals surface area contributed by atoms with Crippen molar-refractivity contribution in [3.8, 4) is 0 Å². The van der Waals surface area contributed by atoms with Gasteiger partial charge in [0.05, 0.1) is 5.56 Å². The quantitative estimate of drug-likeness (QED) is 0.729. The van der Waals surface area contributed by atoms with Crippen molar-refractivity contribution in [2.24, 2.45) is 5.73 Å². The fourth-order valence-electron chi connectivity index (χ4n) is 1.48. The summed E-state index contributed by atoms with van der Waals surface area (Å²) in [5.74, 6) is -0.551. The first-order valence-electron chi connectivity index (χ1n) is 4.52. The molecule has 0 bridgehead atoms. The molecule has 0 unspecified atom stereocenters. The number of rotatable bonds is 1. The Morgan fingerprint density at radius 1 is 1.38 bits per heavy atom. The van der Waals surface area contributed by atoms with Gasteiger partial charge in [0, 0.05) is 11.1 Å². The van der Waals surface area contributed by atoms with E-state index in [0.29, 0.717) is 10.9 Å². The number of hydrogen-bond donors (Lipinski definition) is 2. The molecule has 5 nitrogen and oxygen atoms in total. The maximum atomic E-state index is 11.1. The Balaban J connectivity index is 2.84. The number of nitrogens with two attached hydrogens (primary N) is 2. The van der Waals surface area contributed by atoms with Crippen molar-refractivity contribution in [3.63, 3.8) is 0 Å². The standard InChI is InChI=1S/C10H9ClN4O/c1-4-2-5-3-6(10(13)16)9(12)15-7(5)8(11)14-4/h2-3H,1H3,(H2,12,15)(H2,13,16). The number of amides is 1. The number of aromatic nitrogens is 2. The summed E-state index contributed by atoms with van der Waals surface area (Å²) >= 11 is 5.92. The number of nitrogens with zero attached hydrogens (tertiary/aromatic N) is 2. The highest BCUT2D eigenvalue weighted by Crippen LogP contribution is 2.24. The van der Waals surface area contributed by atoms with Gasteiger partial charge in [-0.15, -0.1) is 0 Å². The van der Waals surface area contributed by atoms with Gasteiger partial charge in [0.25, 0.3) is 5.91 Å². The Labute approximate surface area is 96.4 Å². The minimum Gasteiger partial charge on any atom is -0.383 e. The first kappa shape index (κ1) is 10.6. The number of fused-ring (bicyclic) bond motifs is 1. The molecule has 1 amide bonds. The van der Waals surface area contributed by atoms with Crippen molar-refractivity contribution >= 4 is 34.2 Å². The second-order valence-corrected chi connectivity index (χ2v) is 3.77. The molecule has 82 valence electrons. The summed E-state index contributed by atoms with van der Waals surface area (Å²) in [4.78, 5) is 19.2. The van der Waals surface area contributed by atoms with Crippen molar-refractivity contribution in [1.29, 1.82) is 0 Å². The van der Waals surface area contributed by atoms with Gasteiger partial charge in [0.2, 0.25) is 0 Å². The molecule has 0 spiro atoms. The molecule has 0 aliphatic carbocycles. The van der Waals surface area contributed by atoms with Crippen LogP contribution >= 0.6 is 11.6 Å². The first-order valence-corrected chi connectivity index (χ1v) is 4.90. The Morgan fingerprint density at radius 3 is 2.69 bits per heavy atom. The SMILES string of the molecule is Cc1cc2cc(C(N)=O)c(N)nc2c(Cl)n1. The third kappa shape index (κ3) is 1.65. The average Bonchev–Trinajstić information content (AvgIpc) is 2.18. The van der Waals surface area contributed by atoms with Gasteiger partial charge >= 0.3 is 0 Å². The topological polar surface area (TPSA) is 94.9 Å². The van der Waals surface area contributed by atoms with Gasteiger partial charge in [-0.3, -0.25) is 4.79 Å². The first-order chi connectivity index (χ1) is 7.49. The van der Waals surface area contributed by atoms with E-state index < -0.39 is 5.91 Å². The van der Waals surface area contributed by atoms with E-state index in [0.717, 1.165) is 5.69 Å². The lowest BCUT2D eigenvalue weighted by Gasteiger charge is -2.05. The molecule has 0 aromatic carbocycles. The van der Waals surface area contributed by atoms with E-state index in [1.165, 1.54) is 0 Å². The number of carbonyl (C=O) groups excluding carboxylic acids is 1. The van der Waals surface area contributed by atoms with Crippen LogP contribution < -0.4 is 11.5 Å². The molecular formula is C10H9ClN4O. The number of pyridine rings is 2. The summed E-state index contributed by atoms with van der Waals surface area (Å²) in [6.07, 6.45) is 0. The lowest BCUT2D eigenvalue weighted by atomic mass is 10.1. The van der Waals surface area contributed by atoms with E-state index in [1.54, 1.807) is 19.1 Å². The molecule has 0 radical (unpaired) electrons. The number of hydrogen-bond acceptors (Lipinski definition) is 4. The van der Waals surface area contributed by atoms with Crippen LogP contribution in [0.2, 0.25) is 5.15 Å². The monoisotopic (exact) mass is 236 g/mol. The Bertz CT molecular complexity index is 597. The number of carbonyl (C=O) groups is 1. The second-order valence-electron chi connectivity index (χ2n) is 3.41. The van der Waals surface area contributed by atoms with Crippen LogP contribution in [0.4, 0.5) is 5.82 Å². The smallest absolute Gasteiger partial charge is 0.252 e. The normalized spacial score (nSPS) is 10.6. The molecule has 6 heteroatoms. The van der Waals surface area contributed by atoms with E-state index >= 15 is 0 Å². The Hall–Kier alpha value is -1.88. The highest BCUT2D eigenvalue weighted by Gasteiger charge is 2.11. The van der Waals surface area contributed by atoms with Crippen molar-refractivity contribution in [2.45, 2.75) is 6.92 Å². The third-order valence-electron chi connectivity index (χ3n) is 2.18. The molecule has 0 atom stereocenters. The minimum atomic E-state index is -0.613. The predicted molar refractivity (Wildman–Crippen MR) is 62.2 cm³/mol. The third-order valence-corrected chi connectivity index (χ3v) is 2.44. The fraction of sp³-hybridized carbons (Fsp3) is 0.100. The lowest BCUT2D eigenvalue weighted by molar-refractivity contribution is 0.100. The molecule has 2 rings (SSSR count). The zero-order valence-electron chi connectivity index (χ0n) is 8.49. The van der Waals surface area contributed by atoms with E-state index in [1.807, 2.05) is 0 Å². The molecule has 0 aliphatic rings. The van der Waals surface area contributed by atoms with Gasteiger partial charge in [-0.1, -0.05) is 11.6 Å². The van der Waals surface area contributed by atoms with E-state index in [4.69, 9.17) is 23.1 Å². The van der Waals surface area contributed by atoms with Crippen LogP contribution in [-0.2, 0) is 0 Å². The van der Waals surface area contributed by atoms with E-state index in [9.17, 15) is 4.79 Å². The maximum absolute atomic E-state index is 11.1. The van der Waals surface area contributed by atoms with Gasteiger partial charge < -0.3 is 11.5 Å². The molecular weight excluding hydrogens is 228 g/mol. The summed E-state index contributed by atoms with van der Waals surface area (Å²) in [5.41, 5.74) is 12.2. The van der Waals surface area contributed by atoms with Crippen molar-refractivity contribution in [3.05, 3.63) is 28.5 Å². The van der Waals surface area contributed by atoms with Crippen LogP contribution in [0, 0.1) is 6.92 Å². The van der Waals surface area contributed by atoms with Crippen LogP contribution in [0.25, 0.3) is 10.9 Å². The van der Waals surface area contributed by atoms with Crippen LogP contribution in [0.3, 0.4) is 0 Å². The van der Waals surface area contributed by atoms with Crippen LogP contribution in [0.1, 0.15) is 16.1 Å². The lowest BCUT2D eigenvalue weighted by Crippen LogP contribution is -2.14. The minimum absolute atomic E-state index is 0.0625. The molecule has 0 saturated heterocycles. The summed E-state index contributed by atoms with van der Waals surface area (Å²) in [6.45, 7) is 1.80. The Kier molecular flexibility index (Phi) is 2.40. The number of nitrogen functional groups attached to an aromatic ring is 1. The summed E-state index contributed by atoms with van der Waals surface area (Å²) in [5, 5.41) is 0.957. The van der Waals surface area contributed by atoms with Gasteiger partial charge in [-0.2, -0.15) is 0 Å². The molecule has 2 aromatic heterocycles. The van der Waals surface area contributed by atoms with Gasteiger partial charge in [-0.25, -0.2) is 9.97 Å². The van der Waals surface area contributed by atoms with Crippen LogP contribution in [0.15, 0.2) is 12.1 Å². The summed E-state index contributed by atoms with van der Waals surface area (Å²) in [6, 6.07) is 3.33. The fourth-order valence-corrected chi connectivity index (χ4v) is 1.77. The predicted octanol–water partition coefficient (Wildman–Crippen LogP) is 1.27. The molecule has 0 saturated carbocycles. The van der Waals surface area contributed by atoms with Crippen molar-refractivity contribution in [2.75, 3.05) is 5.73 Å². The molecule has 0 aliphatic heterocycles. The number of aryl methyl sites for hydroxylation is 1. The summed E-state index contributed by atoms with van der Waals surface area (Å²) < 4.78 is 0. The second kappa shape index (κ2) is 3.61. The van der Waals surface area contributed by atoms with Crippen LogP contribution in [-0.4, -0.2) is 15.9 Å². The molecule has 2 aromatic rings. The van der Waals surface area contributed by atoms with Crippen LogP contribution in [0.5, 0.6) is 0 Å². The number of anilines is 1. The van der Waals surface area contributed by atoms with Crippen molar-refractivity contribution in [1.82, 2.24) is 9.97 Å². The number of primary amides is 1. The van der Waals surface area contributed by atoms with Gasteiger partial charge in [0.1, 0.15) is 11.3 Å². The highest BCUT2D eigenvalue weighted by molar-refractivity contribution is 6.33. The summed E-state index contributed by atoms with van der Waals surface area (Å²) in [7, 11) is 0. The van der Waals surface area contributed by atoms with Gasteiger partial charge in [-0.05, 0) is 19.1 Å². The molecule has 4 N–H and O–H groups in total. The zero-order chi connectivity index (χ0) is 11.9. The van der Waals surface area contributed by atoms with E-state index in [-0.39, 0.29) is 16.5 Å². The van der Waals surface area contributed by atoms with Gasteiger partial charge in [0.15, 0.2) is 5.15 Å². The average molecular weight is 237 g/mol. The zero-order valence-corrected chi connectivity index (χ0v) is 9.25. The van der Waals surface area contributed by atoms with E-state index in [2.05, 4.69) is 9.97 Å². The molecule has 0 fully saturated rings. The molecule has 2 heterocycles. The number of halogens is 1. The van der Waals surface area contributed by atoms with Crippen molar-refractivity contribution < 1.29 is 4.79 Å². The maximum Gasteiger partial charge on any atom is 0.252 e.